The molecule has 1 aromatic carbocycles. The molecule has 0 N–H and O–H groups in total. The van der Waals surface area contributed by atoms with Crippen LogP contribution in [0.4, 0.5) is 0 Å². The van der Waals surface area contributed by atoms with Crippen LogP contribution >= 0.6 is 22.7 Å². The Hall–Kier alpha value is -1.32. The van der Waals surface area contributed by atoms with Crippen LogP contribution in [0, 0.1) is 0 Å². The minimum absolute atomic E-state index is 0.527. The van der Waals surface area contributed by atoms with E-state index in [-0.39, 0.29) is 0 Å². The zero-order valence-corrected chi connectivity index (χ0v) is 12.0. The molecule has 19 heavy (non-hydrogen) atoms. The first-order valence-electron chi connectivity index (χ1n) is 6.65. The quantitative estimate of drug-likeness (QED) is 0.381. The van der Waals surface area contributed by atoms with Crippen LogP contribution in [0.5, 0.6) is 0 Å². The van der Waals surface area contributed by atoms with Crippen molar-refractivity contribution in [2.24, 2.45) is 0 Å². The second-order valence-electron chi connectivity index (χ2n) is 5.40. The zero-order chi connectivity index (χ0) is 12.4. The maximum atomic E-state index is 2.32. The van der Waals surface area contributed by atoms with Gasteiger partial charge in [0.2, 0.25) is 0 Å². The van der Waals surface area contributed by atoms with Crippen molar-refractivity contribution in [3.63, 3.8) is 0 Å². The Morgan fingerprint density at radius 3 is 1.89 bits per heavy atom. The normalized spacial score (nSPS) is 14.8. The maximum absolute atomic E-state index is 2.32. The van der Waals surface area contributed by atoms with Crippen molar-refractivity contribution in [2.75, 3.05) is 0 Å². The van der Waals surface area contributed by atoms with E-state index in [1.807, 2.05) is 22.7 Å². The molecule has 0 bridgehead atoms. The van der Waals surface area contributed by atoms with Gasteiger partial charge in [-0.25, -0.2) is 0 Å². The lowest BCUT2D eigenvalue weighted by atomic mass is 9.36. The largest absolute Gasteiger partial charge is 0.267 e. The Morgan fingerprint density at radius 2 is 1.32 bits per heavy atom. The third-order valence-corrected chi connectivity index (χ3v) is 6.47. The second kappa shape index (κ2) is 3.62. The van der Waals surface area contributed by atoms with E-state index < -0.39 is 0 Å². The molecule has 0 radical (unpaired) electrons. The highest BCUT2D eigenvalue weighted by Crippen LogP contribution is 2.25. The van der Waals surface area contributed by atoms with Crippen molar-refractivity contribution in [3.05, 3.63) is 63.3 Å². The summed E-state index contributed by atoms with van der Waals surface area (Å²) < 4.78 is 3.17. The second-order valence-corrected chi connectivity index (χ2v) is 7.29. The molecule has 5 rings (SSSR count). The Labute approximate surface area is 120 Å². The van der Waals surface area contributed by atoms with E-state index in [1.165, 1.54) is 0 Å². The van der Waals surface area contributed by atoms with Gasteiger partial charge in [0.25, 0.3) is 6.71 Å². The van der Waals surface area contributed by atoms with Gasteiger partial charge in [-0.2, -0.15) is 22.7 Å². The van der Waals surface area contributed by atoms with Crippen LogP contribution in [0.15, 0.2) is 41.1 Å². The van der Waals surface area contributed by atoms with Gasteiger partial charge in [-0.15, -0.1) is 0 Å². The van der Waals surface area contributed by atoms with E-state index in [0.29, 0.717) is 6.71 Å². The van der Waals surface area contributed by atoms with Crippen LogP contribution in [0.3, 0.4) is 0 Å². The maximum Gasteiger partial charge on any atom is 0.267 e. The van der Waals surface area contributed by atoms with Gasteiger partial charge in [-0.1, -0.05) is 23.7 Å². The average molecular weight is 278 g/mol. The molecule has 0 saturated heterocycles. The Bertz CT molecular complexity index is 734. The fraction of sp³-hybridized carbons (Fsp3) is 0.125. The number of benzene rings is 1. The van der Waals surface area contributed by atoms with Crippen molar-refractivity contribution in [3.8, 4) is 0 Å². The summed E-state index contributed by atoms with van der Waals surface area (Å²) in [5.74, 6) is 0. The van der Waals surface area contributed by atoms with Gasteiger partial charge in [-0.3, -0.25) is 0 Å². The minimum atomic E-state index is 0.527. The van der Waals surface area contributed by atoms with Crippen molar-refractivity contribution >= 4 is 44.4 Å². The molecule has 2 aliphatic rings. The molecular weight excluding hydrogens is 267 g/mol. The van der Waals surface area contributed by atoms with Crippen LogP contribution in [0.25, 0.3) is 0 Å². The van der Waals surface area contributed by atoms with Crippen molar-refractivity contribution in [1.29, 1.82) is 0 Å². The molecule has 3 aromatic rings. The first-order valence-corrected chi connectivity index (χ1v) is 8.41. The van der Waals surface area contributed by atoms with E-state index in [0.717, 1.165) is 12.8 Å². The summed E-state index contributed by atoms with van der Waals surface area (Å²) in [6, 6.07) is 11.5. The number of hydrogen-bond acceptors (Lipinski definition) is 2. The van der Waals surface area contributed by atoms with Gasteiger partial charge >= 0.3 is 0 Å². The van der Waals surface area contributed by atoms with Crippen LogP contribution in [-0.4, -0.2) is 6.71 Å². The first kappa shape index (κ1) is 10.5. The lowest BCUT2D eigenvalue weighted by molar-refractivity contribution is 1.16. The molecule has 0 spiro atoms. The number of hydrogen-bond donors (Lipinski definition) is 0. The summed E-state index contributed by atoms with van der Waals surface area (Å²) in [6.45, 7) is 0.527. The van der Waals surface area contributed by atoms with Crippen LogP contribution in [-0.2, 0) is 12.8 Å². The Balaban J connectivity index is 1.89. The Morgan fingerprint density at radius 1 is 0.737 bits per heavy atom. The highest BCUT2D eigenvalue weighted by Gasteiger charge is 2.38. The monoisotopic (exact) mass is 278 g/mol. The van der Waals surface area contributed by atoms with Gasteiger partial charge < -0.3 is 0 Å². The van der Waals surface area contributed by atoms with E-state index in [4.69, 9.17) is 0 Å². The molecule has 0 nitrogen and oxygen atoms in total. The third kappa shape index (κ3) is 1.30. The molecule has 4 heterocycles. The fourth-order valence-electron chi connectivity index (χ4n) is 3.63. The van der Waals surface area contributed by atoms with E-state index in [9.17, 15) is 0 Å². The minimum Gasteiger partial charge on any atom is -0.158 e. The SMILES string of the molecule is c1cc2c3c(c1)Cc1ccsc1B3c1sccc1C2. The molecule has 2 aliphatic heterocycles. The van der Waals surface area contributed by atoms with Crippen molar-refractivity contribution < 1.29 is 0 Å². The molecule has 2 aromatic heterocycles. The Kier molecular flexibility index (Phi) is 1.99. The molecule has 0 amide bonds. The lowest BCUT2D eigenvalue weighted by Gasteiger charge is -2.30. The van der Waals surface area contributed by atoms with Crippen molar-refractivity contribution in [1.82, 2.24) is 0 Å². The molecule has 0 atom stereocenters. The average Bonchev–Trinajstić information content (AvgIpc) is 3.05. The standard InChI is InChI=1S/C16H11BS2/c1-2-10-8-12-4-6-18-15(12)17-14(10)11(3-1)9-13-5-7-19-16(13)17/h1-7H,8-9H2. The number of fused-ring (bicyclic) bond motifs is 4. The molecule has 0 saturated carbocycles. The summed E-state index contributed by atoms with van der Waals surface area (Å²) >= 11 is 3.88. The summed E-state index contributed by atoms with van der Waals surface area (Å²) in [6.07, 6.45) is 2.25. The molecular formula is C16H11BS2. The van der Waals surface area contributed by atoms with Crippen LogP contribution in [0.1, 0.15) is 22.3 Å². The highest BCUT2D eigenvalue weighted by atomic mass is 32.1. The summed E-state index contributed by atoms with van der Waals surface area (Å²) in [5, 5.41) is 4.52. The molecule has 0 unspecified atom stereocenters. The summed E-state index contributed by atoms with van der Waals surface area (Å²) in [7, 11) is 0. The van der Waals surface area contributed by atoms with Gasteiger partial charge in [-0.05, 0) is 67.5 Å². The van der Waals surface area contributed by atoms with Gasteiger partial charge in [0, 0.05) is 0 Å². The fourth-order valence-corrected chi connectivity index (χ4v) is 5.79. The number of rotatable bonds is 0. The molecule has 0 aliphatic carbocycles. The zero-order valence-electron chi connectivity index (χ0n) is 10.3. The smallest absolute Gasteiger partial charge is 0.158 e. The van der Waals surface area contributed by atoms with Gasteiger partial charge in [0.05, 0.1) is 0 Å². The first-order chi connectivity index (χ1) is 9.42. The lowest BCUT2D eigenvalue weighted by Crippen LogP contribution is -2.58. The van der Waals surface area contributed by atoms with Gasteiger partial charge in [0.15, 0.2) is 0 Å². The number of thiophene rings is 2. The third-order valence-electron chi connectivity index (χ3n) is 4.42. The van der Waals surface area contributed by atoms with E-state index in [1.54, 1.807) is 37.3 Å². The molecule has 0 fully saturated rings. The predicted octanol–water partition coefficient (Wildman–Crippen LogP) is 2.13. The van der Waals surface area contributed by atoms with Crippen LogP contribution in [0.2, 0.25) is 0 Å². The van der Waals surface area contributed by atoms with E-state index >= 15 is 0 Å². The predicted molar refractivity (Wildman–Crippen MR) is 85.3 cm³/mol. The van der Waals surface area contributed by atoms with E-state index in [2.05, 4.69) is 41.1 Å². The summed E-state index contributed by atoms with van der Waals surface area (Å²) in [4.78, 5) is 0. The molecule has 3 heteroatoms. The highest BCUT2D eigenvalue weighted by molar-refractivity contribution is 7.34. The van der Waals surface area contributed by atoms with Crippen molar-refractivity contribution in [2.45, 2.75) is 12.8 Å². The summed E-state index contributed by atoms with van der Waals surface area (Å²) in [5.41, 5.74) is 7.80. The van der Waals surface area contributed by atoms with Gasteiger partial charge in [0.1, 0.15) is 0 Å². The molecule has 90 valence electrons. The van der Waals surface area contributed by atoms with Crippen LogP contribution < -0.4 is 15.0 Å². The topological polar surface area (TPSA) is 0 Å².